The third-order valence-corrected chi connectivity index (χ3v) is 3.34. The van der Waals surface area contributed by atoms with Crippen molar-refractivity contribution in [3.8, 4) is 11.5 Å². The van der Waals surface area contributed by atoms with E-state index in [2.05, 4.69) is 0 Å². The molecule has 2 N–H and O–H groups in total. The standard InChI is InChI=1S/C16H10BF4O6/c18-15(19,13(22)23)9-1-5-11(6-2-9)26-17-27-12-7-3-10(4-8-12)16(20,21)14(24)25/h1-8H,(H,22,23)(H,24,25). The first kappa shape index (κ1) is 20.1. The highest BCUT2D eigenvalue weighted by Gasteiger charge is 2.41. The number of hydrogen-bond donors (Lipinski definition) is 2. The van der Waals surface area contributed by atoms with Gasteiger partial charge in [-0.05, 0) is 48.5 Å². The highest BCUT2D eigenvalue weighted by atomic mass is 19.3. The molecule has 2 aromatic rings. The van der Waals surface area contributed by atoms with Gasteiger partial charge in [0.25, 0.3) is 0 Å². The average molecular weight is 385 g/mol. The van der Waals surface area contributed by atoms with Crippen LogP contribution in [0.3, 0.4) is 0 Å². The molecule has 0 saturated carbocycles. The van der Waals surface area contributed by atoms with Gasteiger partial charge in [-0.1, -0.05) is 0 Å². The molecule has 0 atom stereocenters. The smallest absolute Gasteiger partial charge is 0.526 e. The Balaban J connectivity index is 1.93. The molecule has 0 aliphatic heterocycles. The zero-order chi connectivity index (χ0) is 20.2. The van der Waals surface area contributed by atoms with Gasteiger partial charge >= 0.3 is 31.5 Å². The summed E-state index contributed by atoms with van der Waals surface area (Å²) in [7, 11) is 0.786. The first-order chi connectivity index (χ1) is 12.5. The normalized spacial score (nSPS) is 11.6. The summed E-state index contributed by atoms with van der Waals surface area (Å²) in [5.74, 6) is -12.6. The zero-order valence-corrected chi connectivity index (χ0v) is 13.2. The number of carboxylic acid groups (broad SMARTS) is 2. The van der Waals surface area contributed by atoms with Gasteiger partial charge in [0.2, 0.25) is 0 Å². The summed E-state index contributed by atoms with van der Waals surface area (Å²) in [5.41, 5.74) is -1.48. The van der Waals surface area contributed by atoms with Crippen LogP contribution in [-0.2, 0) is 21.4 Å². The summed E-state index contributed by atoms with van der Waals surface area (Å²) >= 11 is 0. The maximum Gasteiger partial charge on any atom is 0.658 e. The molecule has 2 rings (SSSR count). The maximum absolute atomic E-state index is 13.3. The molecule has 1 radical (unpaired) electrons. The lowest BCUT2D eigenvalue weighted by Gasteiger charge is -2.13. The predicted molar refractivity (Wildman–Crippen MR) is 83.0 cm³/mol. The Morgan fingerprint density at radius 1 is 0.704 bits per heavy atom. The number of aliphatic carboxylic acids is 2. The second-order valence-corrected chi connectivity index (χ2v) is 5.14. The Bertz CT molecular complexity index is 754. The van der Waals surface area contributed by atoms with E-state index in [0.717, 1.165) is 56.2 Å². The molecule has 11 heteroatoms. The molecule has 141 valence electrons. The molecule has 0 aromatic heterocycles. The summed E-state index contributed by atoms with van der Waals surface area (Å²) in [6.45, 7) is 0. The minimum absolute atomic E-state index is 0.0500. The largest absolute Gasteiger partial charge is 0.658 e. The van der Waals surface area contributed by atoms with E-state index < -0.39 is 34.9 Å². The van der Waals surface area contributed by atoms with Gasteiger partial charge in [0.05, 0.1) is 0 Å². The fourth-order valence-electron chi connectivity index (χ4n) is 1.87. The molecule has 0 fully saturated rings. The van der Waals surface area contributed by atoms with Crippen molar-refractivity contribution >= 4 is 19.6 Å². The van der Waals surface area contributed by atoms with Gasteiger partial charge in [0.1, 0.15) is 11.5 Å². The van der Waals surface area contributed by atoms with Crippen molar-refractivity contribution in [2.75, 3.05) is 0 Å². The SMILES string of the molecule is O=C(O)C(F)(F)c1ccc(O[B]Oc2ccc(C(F)(F)C(=O)O)cc2)cc1. The number of carboxylic acids is 2. The van der Waals surface area contributed by atoms with Gasteiger partial charge in [-0.15, -0.1) is 0 Å². The minimum Gasteiger partial charge on any atom is -0.526 e. The lowest BCUT2D eigenvalue weighted by molar-refractivity contribution is -0.166. The van der Waals surface area contributed by atoms with Crippen LogP contribution in [0, 0.1) is 0 Å². The molecule has 2 aromatic carbocycles. The number of halogens is 4. The average Bonchev–Trinajstić information content (AvgIpc) is 2.62. The summed E-state index contributed by atoms with van der Waals surface area (Å²) in [5, 5.41) is 16.9. The van der Waals surface area contributed by atoms with E-state index in [4.69, 9.17) is 19.5 Å². The molecule has 0 aliphatic carbocycles. The van der Waals surface area contributed by atoms with Crippen molar-refractivity contribution < 1.29 is 46.7 Å². The molecular weight excluding hydrogens is 375 g/mol. The van der Waals surface area contributed by atoms with Gasteiger partial charge < -0.3 is 19.5 Å². The first-order valence-electron chi connectivity index (χ1n) is 7.13. The van der Waals surface area contributed by atoms with Crippen LogP contribution in [0.5, 0.6) is 11.5 Å². The van der Waals surface area contributed by atoms with Crippen molar-refractivity contribution in [3.05, 3.63) is 59.7 Å². The monoisotopic (exact) mass is 385 g/mol. The van der Waals surface area contributed by atoms with Crippen molar-refractivity contribution in [2.45, 2.75) is 11.8 Å². The Kier molecular flexibility index (Phi) is 5.62. The van der Waals surface area contributed by atoms with Gasteiger partial charge in [-0.3, -0.25) is 0 Å². The van der Waals surface area contributed by atoms with E-state index in [1.165, 1.54) is 0 Å². The predicted octanol–water partition coefficient (Wildman–Crippen LogP) is 3.03. The van der Waals surface area contributed by atoms with Crippen LogP contribution in [0.15, 0.2) is 48.5 Å². The van der Waals surface area contributed by atoms with E-state index in [1.807, 2.05) is 0 Å². The van der Waals surface area contributed by atoms with Crippen LogP contribution < -0.4 is 9.31 Å². The molecule has 6 nitrogen and oxygen atoms in total. The van der Waals surface area contributed by atoms with Crippen molar-refractivity contribution in [2.24, 2.45) is 0 Å². The maximum atomic E-state index is 13.3. The molecule has 0 saturated heterocycles. The summed E-state index contributed by atoms with van der Waals surface area (Å²) in [4.78, 5) is 20.9. The van der Waals surface area contributed by atoms with E-state index in [1.54, 1.807) is 0 Å². The third-order valence-electron chi connectivity index (χ3n) is 3.34. The third kappa shape index (κ3) is 4.49. The lowest BCUT2D eigenvalue weighted by atomic mass is 10.1. The molecule has 0 unspecified atom stereocenters. The van der Waals surface area contributed by atoms with Gasteiger partial charge in [0, 0.05) is 11.1 Å². The first-order valence-corrected chi connectivity index (χ1v) is 7.13. The van der Waals surface area contributed by atoms with Crippen LogP contribution in [-0.4, -0.2) is 29.8 Å². The Morgan fingerprint density at radius 3 is 1.26 bits per heavy atom. The Labute approximate surface area is 150 Å². The molecular formula is C16H10BF4O6. The number of benzene rings is 2. The summed E-state index contributed by atoms with van der Waals surface area (Å²) < 4.78 is 63.1. The van der Waals surface area contributed by atoms with Gasteiger partial charge in [-0.25, -0.2) is 9.59 Å². The fourth-order valence-corrected chi connectivity index (χ4v) is 1.87. The Hall–Kier alpha value is -3.24. The molecule has 27 heavy (non-hydrogen) atoms. The minimum atomic E-state index is -4.04. The van der Waals surface area contributed by atoms with Crippen LogP contribution in [0.4, 0.5) is 17.6 Å². The molecule has 0 amide bonds. The van der Waals surface area contributed by atoms with Gasteiger partial charge in [-0.2, -0.15) is 17.6 Å². The van der Waals surface area contributed by atoms with Crippen LogP contribution >= 0.6 is 0 Å². The molecule has 0 bridgehead atoms. The highest BCUT2D eigenvalue weighted by molar-refractivity contribution is 6.20. The van der Waals surface area contributed by atoms with E-state index in [-0.39, 0.29) is 11.5 Å². The fraction of sp³-hybridized carbons (Fsp3) is 0.125. The topological polar surface area (TPSA) is 93.1 Å². The van der Waals surface area contributed by atoms with Crippen LogP contribution in [0.25, 0.3) is 0 Å². The van der Waals surface area contributed by atoms with E-state index in [0.29, 0.717) is 0 Å². The number of rotatable bonds is 8. The second kappa shape index (κ2) is 7.56. The highest BCUT2D eigenvalue weighted by Crippen LogP contribution is 2.30. The number of alkyl halides is 4. The Morgan fingerprint density at radius 2 is 1.00 bits per heavy atom. The van der Waals surface area contributed by atoms with Crippen LogP contribution in [0.1, 0.15) is 11.1 Å². The van der Waals surface area contributed by atoms with Gasteiger partial charge in [0.15, 0.2) is 0 Å². The quantitative estimate of drug-likeness (QED) is 0.536. The van der Waals surface area contributed by atoms with Crippen LogP contribution in [0.2, 0.25) is 0 Å². The van der Waals surface area contributed by atoms with E-state index >= 15 is 0 Å². The second-order valence-electron chi connectivity index (χ2n) is 5.14. The molecule has 0 spiro atoms. The molecule has 0 aliphatic rings. The van der Waals surface area contributed by atoms with Crippen molar-refractivity contribution in [1.82, 2.24) is 0 Å². The zero-order valence-electron chi connectivity index (χ0n) is 13.2. The lowest BCUT2D eigenvalue weighted by Crippen LogP contribution is -2.25. The summed E-state index contributed by atoms with van der Waals surface area (Å²) in [6.07, 6.45) is 0. The van der Waals surface area contributed by atoms with Crippen molar-refractivity contribution in [3.63, 3.8) is 0 Å². The molecule has 0 heterocycles. The van der Waals surface area contributed by atoms with Crippen molar-refractivity contribution in [1.29, 1.82) is 0 Å². The summed E-state index contributed by atoms with van der Waals surface area (Å²) in [6, 6.07) is 7.79. The number of carbonyl (C=O) groups is 2. The number of hydrogen-bond acceptors (Lipinski definition) is 4. The van der Waals surface area contributed by atoms with E-state index in [9.17, 15) is 27.2 Å².